The smallest absolute Gasteiger partial charge is 0.340 e. The van der Waals surface area contributed by atoms with E-state index in [-0.39, 0.29) is 0 Å². The molecule has 0 aromatic carbocycles. The maximum absolute atomic E-state index is 12.2. The predicted molar refractivity (Wildman–Crippen MR) is 68.6 cm³/mol. The number of rotatable bonds is 4. The minimum Gasteiger partial charge on any atom is -0.340 e. The Kier molecular flexibility index (Phi) is 4.02. The number of carbonyl (C=O) groups excluding carboxylic acids is 1. The zero-order chi connectivity index (χ0) is 15.7. The largest absolute Gasteiger partial charge is 0.397 e. The van der Waals surface area contributed by atoms with E-state index in [0.717, 1.165) is 18.7 Å². The Balaban J connectivity index is 1.49. The molecular formula is C12H17F3N6O. The van der Waals surface area contributed by atoms with Crippen LogP contribution in [0, 0.1) is 0 Å². The Morgan fingerprint density at radius 3 is 2.45 bits per heavy atom. The van der Waals surface area contributed by atoms with Gasteiger partial charge in [0.05, 0.1) is 12.6 Å². The summed E-state index contributed by atoms with van der Waals surface area (Å²) in [4.78, 5) is 14.9. The molecule has 1 aliphatic heterocycles. The Bertz CT molecular complexity index is 533. The van der Waals surface area contributed by atoms with E-state index in [9.17, 15) is 18.0 Å². The first-order chi connectivity index (χ1) is 10.4. The van der Waals surface area contributed by atoms with E-state index in [1.54, 1.807) is 0 Å². The number of carbonyl (C=O) groups is 1. The van der Waals surface area contributed by atoms with E-state index in [0.29, 0.717) is 38.8 Å². The molecule has 122 valence electrons. The lowest BCUT2D eigenvalue weighted by molar-refractivity contribution is -0.162. The summed E-state index contributed by atoms with van der Waals surface area (Å²) in [6, 6.07) is 0.389. The molecule has 1 aromatic heterocycles. The molecule has 1 aliphatic carbocycles. The van der Waals surface area contributed by atoms with Crippen molar-refractivity contribution in [3.8, 4) is 0 Å². The number of halogens is 3. The molecule has 1 amide bonds. The molecule has 22 heavy (non-hydrogen) atoms. The fraction of sp³-hybridized carbons (Fsp3) is 0.833. The van der Waals surface area contributed by atoms with E-state index in [4.69, 9.17) is 0 Å². The molecule has 2 aliphatic rings. The highest BCUT2D eigenvalue weighted by atomic mass is 19.4. The van der Waals surface area contributed by atoms with Crippen molar-refractivity contribution >= 4 is 5.91 Å². The summed E-state index contributed by atoms with van der Waals surface area (Å²) in [6.45, 7) is 2.23. The summed E-state index contributed by atoms with van der Waals surface area (Å²) in [6.07, 6.45) is -3.66. The van der Waals surface area contributed by atoms with Gasteiger partial charge in [-0.3, -0.25) is 9.69 Å². The third kappa shape index (κ3) is 3.73. The second-order valence-electron chi connectivity index (χ2n) is 5.72. The maximum Gasteiger partial charge on any atom is 0.397 e. The third-order valence-corrected chi connectivity index (χ3v) is 3.90. The van der Waals surface area contributed by atoms with Crippen LogP contribution in [-0.4, -0.2) is 68.3 Å². The van der Waals surface area contributed by atoms with Crippen LogP contribution in [-0.2, 0) is 11.3 Å². The lowest BCUT2D eigenvalue weighted by atomic mass is 10.2. The molecule has 2 heterocycles. The van der Waals surface area contributed by atoms with Crippen LogP contribution in [0.2, 0.25) is 0 Å². The van der Waals surface area contributed by atoms with E-state index >= 15 is 0 Å². The summed E-state index contributed by atoms with van der Waals surface area (Å²) in [7, 11) is 0. The lowest BCUT2D eigenvalue weighted by Gasteiger charge is -2.34. The van der Waals surface area contributed by atoms with Crippen LogP contribution in [0.15, 0.2) is 0 Å². The van der Waals surface area contributed by atoms with Gasteiger partial charge in [0.25, 0.3) is 0 Å². The van der Waals surface area contributed by atoms with E-state index in [1.165, 1.54) is 4.90 Å². The topological polar surface area (TPSA) is 67.2 Å². The van der Waals surface area contributed by atoms with Gasteiger partial charge in [0, 0.05) is 26.2 Å². The first-order valence-corrected chi connectivity index (χ1v) is 7.26. The molecule has 1 saturated heterocycles. The Morgan fingerprint density at radius 2 is 1.86 bits per heavy atom. The summed E-state index contributed by atoms with van der Waals surface area (Å²) >= 11 is 0. The van der Waals surface area contributed by atoms with E-state index < -0.39 is 18.5 Å². The average molecular weight is 318 g/mol. The zero-order valence-corrected chi connectivity index (χ0v) is 12.0. The number of amides is 1. The number of hydrogen-bond donors (Lipinski definition) is 0. The van der Waals surface area contributed by atoms with Crippen molar-refractivity contribution in [2.75, 3.05) is 26.2 Å². The van der Waals surface area contributed by atoms with Crippen molar-refractivity contribution in [3.05, 3.63) is 5.82 Å². The second-order valence-corrected chi connectivity index (χ2v) is 5.72. The summed E-state index contributed by atoms with van der Waals surface area (Å²) < 4.78 is 38.5. The first kappa shape index (κ1) is 15.2. The van der Waals surface area contributed by atoms with Crippen LogP contribution in [0.3, 0.4) is 0 Å². The van der Waals surface area contributed by atoms with Gasteiger partial charge in [0.15, 0.2) is 5.82 Å². The minimum atomic E-state index is -4.44. The molecule has 1 aromatic rings. The fourth-order valence-electron chi connectivity index (χ4n) is 2.56. The summed E-state index contributed by atoms with van der Waals surface area (Å²) in [5.74, 6) is -0.0764. The highest BCUT2D eigenvalue weighted by Crippen LogP contribution is 2.34. The monoisotopic (exact) mass is 318 g/mol. The van der Waals surface area contributed by atoms with Crippen LogP contribution in [0.5, 0.6) is 0 Å². The molecule has 2 fully saturated rings. The number of alkyl halides is 3. The van der Waals surface area contributed by atoms with Crippen molar-refractivity contribution < 1.29 is 18.0 Å². The van der Waals surface area contributed by atoms with Gasteiger partial charge in [-0.15, -0.1) is 5.10 Å². The molecule has 7 nitrogen and oxygen atoms in total. The summed E-state index contributed by atoms with van der Waals surface area (Å²) in [5, 5.41) is 11.7. The van der Waals surface area contributed by atoms with Crippen molar-refractivity contribution in [1.82, 2.24) is 30.0 Å². The first-order valence-electron chi connectivity index (χ1n) is 7.26. The Morgan fingerprint density at radius 1 is 1.18 bits per heavy atom. The summed E-state index contributed by atoms with van der Waals surface area (Å²) in [5.41, 5.74) is 0. The molecule has 0 bridgehead atoms. The maximum atomic E-state index is 12.2. The molecule has 0 N–H and O–H groups in total. The van der Waals surface area contributed by atoms with Gasteiger partial charge in [-0.25, -0.2) is 4.68 Å². The highest BCUT2D eigenvalue weighted by molar-refractivity contribution is 5.76. The quantitative estimate of drug-likeness (QED) is 0.813. The Labute approximate surface area is 125 Å². The third-order valence-electron chi connectivity index (χ3n) is 3.90. The van der Waals surface area contributed by atoms with Crippen LogP contribution >= 0.6 is 0 Å². The number of tetrazole rings is 1. The molecule has 0 spiro atoms. The van der Waals surface area contributed by atoms with Crippen LogP contribution in [0.25, 0.3) is 0 Å². The zero-order valence-electron chi connectivity index (χ0n) is 12.0. The Hall–Kier alpha value is -1.71. The molecule has 10 heteroatoms. The molecular weight excluding hydrogens is 301 g/mol. The highest BCUT2D eigenvalue weighted by Gasteiger charge is 2.35. The normalized spacial score (nSPS) is 20.4. The molecule has 0 atom stereocenters. The van der Waals surface area contributed by atoms with Crippen molar-refractivity contribution in [2.45, 2.75) is 38.0 Å². The van der Waals surface area contributed by atoms with Gasteiger partial charge in [-0.1, -0.05) is 0 Å². The van der Waals surface area contributed by atoms with Crippen molar-refractivity contribution in [2.24, 2.45) is 0 Å². The number of piperazine rings is 1. The van der Waals surface area contributed by atoms with Crippen LogP contribution < -0.4 is 0 Å². The fourth-order valence-corrected chi connectivity index (χ4v) is 2.56. The van der Waals surface area contributed by atoms with Gasteiger partial charge in [0.2, 0.25) is 5.91 Å². The van der Waals surface area contributed by atoms with Gasteiger partial charge < -0.3 is 4.90 Å². The SMILES string of the molecule is O=C(CC(F)(F)F)N1CCN(Cc2nnnn2C2CC2)CC1. The van der Waals surface area contributed by atoms with Gasteiger partial charge >= 0.3 is 6.18 Å². The molecule has 3 rings (SSSR count). The van der Waals surface area contributed by atoms with Crippen molar-refractivity contribution in [3.63, 3.8) is 0 Å². The molecule has 0 radical (unpaired) electrons. The van der Waals surface area contributed by atoms with Crippen LogP contribution in [0.4, 0.5) is 13.2 Å². The predicted octanol–water partition coefficient (Wildman–Crippen LogP) is 0.605. The number of nitrogens with zero attached hydrogens (tertiary/aromatic N) is 6. The van der Waals surface area contributed by atoms with Gasteiger partial charge in [-0.05, 0) is 23.3 Å². The second kappa shape index (κ2) is 5.82. The van der Waals surface area contributed by atoms with E-state index in [1.807, 2.05) is 4.68 Å². The lowest BCUT2D eigenvalue weighted by Crippen LogP contribution is -2.49. The standard InChI is InChI=1S/C12H17F3N6O/c13-12(14,15)7-11(22)20-5-3-19(4-6-20)8-10-16-17-18-21(10)9-1-2-9/h9H,1-8H2. The minimum absolute atomic E-state index is 0.305. The number of aromatic nitrogens is 4. The molecule has 1 saturated carbocycles. The van der Waals surface area contributed by atoms with Crippen molar-refractivity contribution in [1.29, 1.82) is 0 Å². The average Bonchev–Trinajstić information content (AvgIpc) is 3.18. The van der Waals surface area contributed by atoms with E-state index in [2.05, 4.69) is 20.4 Å². The number of hydrogen-bond acceptors (Lipinski definition) is 5. The van der Waals surface area contributed by atoms with Gasteiger partial charge in [-0.2, -0.15) is 13.2 Å². The van der Waals surface area contributed by atoms with Gasteiger partial charge in [0.1, 0.15) is 6.42 Å². The van der Waals surface area contributed by atoms with Crippen LogP contribution in [0.1, 0.15) is 31.1 Å². The molecule has 0 unspecified atom stereocenters.